The van der Waals surface area contributed by atoms with Gasteiger partial charge in [-0.3, -0.25) is 0 Å². The number of nitrogens with zero attached hydrogens (tertiary/aromatic N) is 1. The van der Waals surface area contributed by atoms with Crippen LogP contribution in [0.1, 0.15) is 65.7 Å². The third-order valence-corrected chi connectivity index (χ3v) is 6.27. The van der Waals surface area contributed by atoms with Crippen molar-refractivity contribution in [1.82, 2.24) is 4.90 Å². The molecule has 4 heteroatoms. The molecule has 0 aromatic heterocycles. The average molecular weight is 360 g/mol. The number of halogens is 1. The smallest absolute Gasteiger partial charge is 0.407 e. The molecule has 0 bridgehead atoms. The summed E-state index contributed by atoms with van der Waals surface area (Å²) in [6.07, 6.45) is 7.93. The van der Waals surface area contributed by atoms with Gasteiger partial charge >= 0.3 is 6.09 Å². The highest BCUT2D eigenvalue weighted by atomic mass is 79.9. The summed E-state index contributed by atoms with van der Waals surface area (Å²) in [4.78, 5) is 13.2. The fourth-order valence-electron chi connectivity index (χ4n) is 4.33. The Hall–Kier alpha value is -0.250. The van der Waals surface area contributed by atoms with E-state index in [0.29, 0.717) is 5.41 Å². The van der Waals surface area contributed by atoms with Gasteiger partial charge in [-0.1, -0.05) is 36.7 Å². The van der Waals surface area contributed by atoms with Gasteiger partial charge in [0.2, 0.25) is 0 Å². The molecule has 1 aliphatic heterocycles. The zero-order valence-corrected chi connectivity index (χ0v) is 15.3. The first-order valence-corrected chi connectivity index (χ1v) is 9.45. The number of hydrogen-bond donors (Lipinski definition) is 1. The lowest BCUT2D eigenvalue weighted by Gasteiger charge is -2.52. The van der Waals surface area contributed by atoms with E-state index in [0.717, 1.165) is 30.6 Å². The van der Waals surface area contributed by atoms with Crippen LogP contribution in [0, 0.1) is 16.7 Å². The van der Waals surface area contributed by atoms with Gasteiger partial charge in [0.1, 0.15) is 0 Å². The van der Waals surface area contributed by atoms with Crippen molar-refractivity contribution in [2.24, 2.45) is 16.7 Å². The summed E-state index contributed by atoms with van der Waals surface area (Å²) in [5.41, 5.74) is 0.436. The lowest BCUT2D eigenvalue weighted by atomic mass is 9.61. The minimum absolute atomic E-state index is 0.0263. The monoisotopic (exact) mass is 359 g/mol. The Labute approximate surface area is 137 Å². The van der Waals surface area contributed by atoms with Crippen molar-refractivity contribution in [2.75, 3.05) is 11.9 Å². The Morgan fingerprint density at radius 1 is 1.29 bits per heavy atom. The third-order valence-electron chi connectivity index (χ3n) is 5.81. The van der Waals surface area contributed by atoms with Crippen molar-refractivity contribution in [1.29, 1.82) is 0 Å². The van der Waals surface area contributed by atoms with Gasteiger partial charge in [0.15, 0.2) is 0 Å². The van der Waals surface area contributed by atoms with E-state index < -0.39 is 6.09 Å². The van der Waals surface area contributed by atoms with Crippen LogP contribution in [0.5, 0.6) is 0 Å². The molecule has 21 heavy (non-hydrogen) atoms. The van der Waals surface area contributed by atoms with Gasteiger partial charge in [-0.05, 0) is 61.7 Å². The molecule has 2 rings (SSSR count). The van der Waals surface area contributed by atoms with Gasteiger partial charge in [-0.25, -0.2) is 4.79 Å². The van der Waals surface area contributed by atoms with Crippen molar-refractivity contribution in [3.05, 3.63) is 0 Å². The first-order valence-electron chi connectivity index (χ1n) is 8.33. The molecule has 2 aliphatic rings. The highest BCUT2D eigenvalue weighted by Crippen LogP contribution is 2.51. The van der Waals surface area contributed by atoms with E-state index in [4.69, 9.17) is 0 Å². The molecule has 1 unspecified atom stereocenters. The molecular weight excluding hydrogens is 330 g/mol. The maximum atomic E-state index is 11.5. The lowest BCUT2D eigenvalue weighted by Crippen LogP contribution is -2.55. The highest BCUT2D eigenvalue weighted by molar-refractivity contribution is 9.09. The van der Waals surface area contributed by atoms with Crippen LogP contribution in [0.4, 0.5) is 4.79 Å². The number of amides is 1. The Bertz CT molecular complexity index is 369. The van der Waals surface area contributed by atoms with E-state index in [2.05, 4.69) is 36.7 Å². The Balaban J connectivity index is 2.06. The second-order valence-corrected chi connectivity index (χ2v) is 9.03. The molecule has 3 nitrogen and oxygen atoms in total. The normalized spacial score (nSPS) is 34.2. The summed E-state index contributed by atoms with van der Waals surface area (Å²) in [6, 6.07) is 0.163. The zero-order chi connectivity index (χ0) is 15.7. The molecule has 122 valence electrons. The average Bonchev–Trinajstić information content (AvgIpc) is 2.41. The van der Waals surface area contributed by atoms with E-state index in [1.165, 1.54) is 32.1 Å². The summed E-state index contributed by atoms with van der Waals surface area (Å²) in [5.74, 6) is 0.876. The van der Waals surface area contributed by atoms with E-state index >= 15 is 0 Å². The molecule has 1 atom stereocenters. The number of alkyl halides is 1. The van der Waals surface area contributed by atoms with E-state index in [1.807, 2.05) is 0 Å². The van der Waals surface area contributed by atoms with Crippen molar-refractivity contribution in [3.63, 3.8) is 0 Å². The van der Waals surface area contributed by atoms with Gasteiger partial charge in [-0.2, -0.15) is 0 Å². The Kier molecular flexibility index (Phi) is 5.27. The Morgan fingerprint density at radius 2 is 1.90 bits per heavy atom. The van der Waals surface area contributed by atoms with E-state index in [1.54, 1.807) is 4.90 Å². The molecule has 1 heterocycles. The SMILES string of the molecule is CC(C)(C)C1CC2(CCC(CCBr)CC2)CCN1C(=O)O. The number of piperidine rings is 1. The molecule has 1 saturated carbocycles. The van der Waals surface area contributed by atoms with Gasteiger partial charge < -0.3 is 10.0 Å². The largest absolute Gasteiger partial charge is 0.465 e. The number of rotatable bonds is 2. The van der Waals surface area contributed by atoms with Crippen molar-refractivity contribution < 1.29 is 9.90 Å². The summed E-state index contributed by atoms with van der Waals surface area (Å²) in [5, 5.41) is 10.6. The summed E-state index contributed by atoms with van der Waals surface area (Å²) < 4.78 is 0. The second kappa shape index (κ2) is 6.47. The molecule has 1 amide bonds. The maximum absolute atomic E-state index is 11.5. The van der Waals surface area contributed by atoms with Crippen LogP contribution < -0.4 is 0 Å². The Morgan fingerprint density at radius 3 is 2.38 bits per heavy atom. The van der Waals surface area contributed by atoms with Crippen LogP contribution in [0.15, 0.2) is 0 Å². The molecule has 0 aromatic rings. The van der Waals surface area contributed by atoms with E-state index in [9.17, 15) is 9.90 Å². The number of carboxylic acid groups (broad SMARTS) is 1. The van der Waals surface area contributed by atoms with Gasteiger partial charge in [0.05, 0.1) is 0 Å². The van der Waals surface area contributed by atoms with Crippen molar-refractivity contribution >= 4 is 22.0 Å². The lowest BCUT2D eigenvalue weighted by molar-refractivity contribution is -0.0190. The number of hydrogen-bond acceptors (Lipinski definition) is 1. The number of carbonyl (C=O) groups is 1. The molecular formula is C17H30BrNO2. The third kappa shape index (κ3) is 3.94. The fourth-order valence-corrected chi connectivity index (χ4v) is 4.97. The summed E-state index contributed by atoms with van der Waals surface area (Å²) in [6.45, 7) is 7.27. The molecule has 0 radical (unpaired) electrons. The molecule has 1 aliphatic carbocycles. The van der Waals surface area contributed by atoms with Gasteiger partial charge in [0, 0.05) is 17.9 Å². The molecule has 1 N–H and O–H groups in total. The first-order chi connectivity index (χ1) is 9.77. The second-order valence-electron chi connectivity index (χ2n) is 8.23. The molecule has 0 aromatic carbocycles. The van der Waals surface area contributed by atoms with E-state index in [-0.39, 0.29) is 11.5 Å². The molecule has 1 spiro atoms. The van der Waals surface area contributed by atoms with Crippen LogP contribution in [-0.4, -0.2) is 34.0 Å². The topological polar surface area (TPSA) is 40.5 Å². The van der Waals surface area contributed by atoms with Gasteiger partial charge in [-0.15, -0.1) is 0 Å². The summed E-state index contributed by atoms with van der Waals surface area (Å²) >= 11 is 3.56. The standard InChI is InChI=1S/C17H30BrNO2/c1-16(2,3)14-12-17(9-11-19(14)15(20)21)7-4-13(5-8-17)6-10-18/h13-14H,4-12H2,1-3H3,(H,20,21). The predicted molar refractivity (Wildman–Crippen MR) is 90.0 cm³/mol. The van der Waals surface area contributed by atoms with Crippen molar-refractivity contribution in [2.45, 2.75) is 71.8 Å². The minimum Gasteiger partial charge on any atom is -0.465 e. The van der Waals surface area contributed by atoms with Crippen LogP contribution >= 0.6 is 15.9 Å². The van der Waals surface area contributed by atoms with Crippen LogP contribution in [-0.2, 0) is 0 Å². The zero-order valence-electron chi connectivity index (χ0n) is 13.7. The fraction of sp³-hybridized carbons (Fsp3) is 0.941. The van der Waals surface area contributed by atoms with Crippen molar-refractivity contribution in [3.8, 4) is 0 Å². The highest BCUT2D eigenvalue weighted by Gasteiger charge is 2.46. The quantitative estimate of drug-likeness (QED) is 0.693. The van der Waals surface area contributed by atoms with Crippen LogP contribution in [0.25, 0.3) is 0 Å². The molecule has 1 saturated heterocycles. The first kappa shape index (κ1) is 17.1. The number of likely N-dealkylation sites (tertiary alicyclic amines) is 1. The molecule has 2 fully saturated rings. The predicted octanol–water partition coefficient (Wildman–Crippen LogP) is 5.14. The summed E-state index contributed by atoms with van der Waals surface area (Å²) in [7, 11) is 0. The van der Waals surface area contributed by atoms with Gasteiger partial charge in [0.25, 0.3) is 0 Å². The van der Waals surface area contributed by atoms with Crippen LogP contribution in [0.2, 0.25) is 0 Å². The minimum atomic E-state index is -0.738. The maximum Gasteiger partial charge on any atom is 0.407 e. The van der Waals surface area contributed by atoms with Crippen LogP contribution in [0.3, 0.4) is 0 Å².